The number of rotatable bonds is 3. The molecule has 0 aliphatic rings. The Morgan fingerprint density at radius 1 is 1.40 bits per heavy atom. The van der Waals surface area contributed by atoms with Gasteiger partial charge >= 0.3 is 5.97 Å². The Balaban J connectivity index is 2.69. The Hall–Kier alpha value is -1.28. The molecule has 0 fully saturated rings. The van der Waals surface area contributed by atoms with E-state index in [1.54, 1.807) is 19.1 Å². The first-order valence-corrected chi connectivity index (χ1v) is 5.00. The minimum Gasteiger partial charge on any atom is -0.454 e. The molecule has 0 saturated carbocycles. The van der Waals surface area contributed by atoms with Crippen molar-refractivity contribution in [1.29, 1.82) is 0 Å². The normalized spacial score (nSPS) is 11.9. The molecule has 1 aromatic carbocycles. The lowest BCUT2D eigenvalue weighted by molar-refractivity contribution is -0.143. The molecule has 80 valence electrons. The Morgan fingerprint density at radius 2 is 1.93 bits per heavy atom. The average Bonchev–Trinajstić information content (AvgIpc) is 2.18. The van der Waals surface area contributed by atoms with Gasteiger partial charge in [-0.25, -0.2) is 4.79 Å². The number of carbonyl (C=O) groups excluding carboxylic acids is 1. The van der Waals surface area contributed by atoms with Crippen LogP contribution in [0.25, 0.3) is 0 Å². The molecule has 3 heteroatoms. The summed E-state index contributed by atoms with van der Waals surface area (Å²) in [6.45, 7) is 6.95. The molecule has 1 unspecified atom stereocenters. The summed E-state index contributed by atoms with van der Waals surface area (Å²) in [6.07, 6.45) is -0.286. The van der Waals surface area contributed by atoms with E-state index in [4.69, 9.17) is 16.3 Å². The second kappa shape index (κ2) is 4.99. The summed E-state index contributed by atoms with van der Waals surface area (Å²) in [5.74, 6) is -0.377. The molecule has 0 spiro atoms. The fourth-order valence-electron chi connectivity index (χ4n) is 1.06. The molecule has 0 amide bonds. The maximum Gasteiger partial charge on any atom is 0.333 e. The molecule has 0 bridgehead atoms. The molecule has 0 radical (unpaired) electrons. The van der Waals surface area contributed by atoms with Crippen molar-refractivity contribution in [2.24, 2.45) is 0 Å². The van der Waals surface area contributed by atoms with Gasteiger partial charge in [0, 0.05) is 10.6 Å². The highest BCUT2D eigenvalue weighted by Crippen LogP contribution is 2.19. The predicted octanol–water partition coefficient (Wildman–Crippen LogP) is 3.52. The number of hydrogen-bond donors (Lipinski definition) is 0. The van der Waals surface area contributed by atoms with Crippen LogP contribution in [0.5, 0.6) is 0 Å². The van der Waals surface area contributed by atoms with E-state index in [0.29, 0.717) is 10.6 Å². The number of ether oxygens (including phenoxy) is 1. The largest absolute Gasteiger partial charge is 0.454 e. The first kappa shape index (κ1) is 11.8. The molecule has 0 aliphatic heterocycles. The van der Waals surface area contributed by atoms with E-state index in [0.717, 1.165) is 5.56 Å². The highest BCUT2D eigenvalue weighted by Gasteiger charge is 2.11. The SMILES string of the molecule is C=C(C)C(=O)OC(C)c1ccc(Cl)cc1. The molecule has 1 atom stereocenters. The van der Waals surface area contributed by atoms with Crippen LogP contribution in [0.4, 0.5) is 0 Å². The molecule has 0 N–H and O–H groups in total. The molecule has 1 aromatic rings. The van der Waals surface area contributed by atoms with Crippen LogP contribution in [0.3, 0.4) is 0 Å². The van der Waals surface area contributed by atoms with Crippen LogP contribution in [0.2, 0.25) is 5.02 Å². The van der Waals surface area contributed by atoms with Gasteiger partial charge in [-0.3, -0.25) is 0 Å². The van der Waals surface area contributed by atoms with Gasteiger partial charge < -0.3 is 4.74 Å². The van der Waals surface area contributed by atoms with E-state index < -0.39 is 0 Å². The van der Waals surface area contributed by atoms with Crippen molar-refractivity contribution < 1.29 is 9.53 Å². The van der Waals surface area contributed by atoms with E-state index in [-0.39, 0.29) is 12.1 Å². The lowest BCUT2D eigenvalue weighted by atomic mass is 10.1. The predicted molar refractivity (Wildman–Crippen MR) is 60.8 cm³/mol. The van der Waals surface area contributed by atoms with E-state index in [9.17, 15) is 4.79 Å². The Bertz CT molecular complexity index is 368. The standard InChI is InChI=1S/C12H13ClO2/c1-8(2)12(14)15-9(3)10-4-6-11(13)7-5-10/h4-7,9H,1H2,2-3H3. The molecular weight excluding hydrogens is 212 g/mol. The van der Waals surface area contributed by atoms with Gasteiger partial charge in [0.05, 0.1) is 0 Å². The molecule has 1 rings (SSSR count). The van der Waals surface area contributed by atoms with Crippen LogP contribution in [0.15, 0.2) is 36.4 Å². The summed E-state index contributed by atoms with van der Waals surface area (Å²) in [7, 11) is 0. The minimum absolute atomic E-state index is 0.286. The lowest BCUT2D eigenvalue weighted by Gasteiger charge is -2.13. The summed E-state index contributed by atoms with van der Waals surface area (Å²) < 4.78 is 5.16. The fraction of sp³-hybridized carbons (Fsp3) is 0.250. The van der Waals surface area contributed by atoms with Gasteiger partial charge in [-0.1, -0.05) is 30.3 Å². The number of hydrogen-bond acceptors (Lipinski definition) is 2. The van der Waals surface area contributed by atoms with Crippen molar-refractivity contribution in [2.45, 2.75) is 20.0 Å². The maximum absolute atomic E-state index is 11.2. The van der Waals surface area contributed by atoms with Gasteiger partial charge in [0.25, 0.3) is 0 Å². The van der Waals surface area contributed by atoms with Gasteiger partial charge in [0.15, 0.2) is 0 Å². The zero-order chi connectivity index (χ0) is 11.4. The van der Waals surface area contributed by atoms with Crippen molar-refractivity contribution >= 4 is 17.6 Å². The molecular formula is C12H13ClO2. The van der Waals surface area contributed by atoms with Crippen molar-refractivity contribution in [3.05, 3.63) is 47.0 Å². The molecule has 0 heterocycles. The summed E-state index contributed by atoms with van der Waals surface area (Å²) in [5, 5.41) is 0.664. The second-order valence-corrected chi connectivity index (χ2v) is 3.82. The van der Waals surface area contributed by atoms with Crippen molar-refractivity contribution in [1.82, 2.24) is 0 Å². The van der Waals surface area contributed by atoms with Crippen LogP contribution >= 0.6 is 11.6 Å². The zero-order valence-corrected chi connectivity index (χ0v) is 9.54. The Labute approximate surface area is 94.5 Å². The third-order valence-electron chi connectivity index (χ3n) is 1.97. The Kier molecular flexibility index (Phi) is 3.92. The van der Waals surface area contributed by atoms with Crippen LogP contribution in [0, 0.1) is 0 Å². The van der Waals surface area contributed by atoms with Gasteiger partial charge in [-0.15, -0.1) is 0 Å². The second-order valence-electron chi connectivity index (χ2n) is 3.38. The molecule has 0 saturated heterocycles. The van der Waals surface area contributed by atoms with Crippen LogP contribution in [-0.2, 0) is 9.53 Å². The lowest BCUT2D eigenvalue weighted by Crippen LogP contribution is -2.08. The smallest absolute Gasteiger partial charge is 0.333 e. The van der Waals surface area contributed by atoms with Gasteiger partial charge in [-0.2, -0.15) is 0 Å². The van der Waals surface area contributed by atoms with Gasteiger partial charge in [0.2, 0.25) is 0 Å². The molecule has 15 heavy (non-hydrogen) atoms. The van der Waals surface area contributed by atoms with Crippen LogP contribution in [0.1, 0.15) is 25.5 Å². The number of esters is 1. The first-order valence-electron chi connectivity index (χ1n) is 4.62. The number of carbonyl (C=O) groups is 1. The first-order chi connectivity index (χ1) is 7.00. The Morgan fingerprint density at radius 3 is 2.40 bits per heavy atom. The zero-order valence-electron chi connectivity index (χ0n) is 8.79. The van der Waals surface area contributed by atoms with Crippen LogP contribution < -0.4 is 0 Å². The monoisotopic (exact) mass is 224 g/mol. The van der Waals surface area contributed by atoms with Crippen molar-refractivity contribution in [2.75, 3.05) is 0 Å². The molecule has 0 aromatic heterocycles. The van der Waals surface area contributed by atoms with E-state index in [2.05, 4.69) is 6.58 Å². The van der Waals surface area contributed by atoms with Gasteiger partial charge in [-0.05, 0) is 31.5 Å². The van der Waals surface area contributed by atoms with E-state index >= 15 is 0 Å². The quantitative estimate of drug-likeness (QED) is 0.580. The van der Waals surface area contributed by atoms with E-state index in [1.165, 1.54) is 0 Å². The topological polar surface area (TPSA) is 26.3 Å². The number of halogens is 1. The third-order valence-corrected chi connectivity index (χ3v) is 2.22. The van der Waals surface area contributed by atoms with Gasteiger partial charge in [0.1, 0.15) is 6.10 Å². The third kappa shape index (κ3) is 3.40. The minimum atomic E-state index is -0.377. The highest BCUT2D eigenvalue weighted by molar-refractivity contribution is 6.30. The number of benzene rings is 1. The molecule has 2 nitrogen and oxygen atoms in total. The summed E-state index contributed by atoms with van der Waals surface area (Å²) in [5.41, 5.74) is 1.31. The average molecular weight is 225 g/mol. The van der Waals surface area contributed by atoms with Crippen molar-refractivity contribution in [3.63, 3.8) is 0 Å². The summed E-state index contributed by atoms with van der Waals surface area (Å²) in [6, 6.07) is 7.20. The summed E-state index contributed by atoms with van der Waals surface area (Å²) >= 11 is 5.75. The van der Waals surface area contributed by atoms with Crippen LogP contribution in [-0.4, -0.2) is 5.97 Å². The maximum atomic E-state index is 11.2. The highest BCUT2D eigenvalue weighted by atomic mass is 35.5. The summed E-state index contributed by atoms with van der Waals surface area (Å²) in [4.78, 5) is 11.2. The van der Waals surface area contributed by atoms with E-state index in [1.807, 2.05) is 19.1 Å². The fourth-order valence-corrected chi connectivity index (χ4v) is 1.19. The molecule has 0 aliphatic carbocycles. The van der Waals surface area contributed by atoms with Crippen molar-refractivity contribution in [3.8, 4) is 0 Å².